The summed E-state index contributed by atoms with van der Waals surface area (Å²) in [5.41, 5.74) is 8.79. The Labute approximate surface area is 242 Å². The Morgan fingerprint density at radius 2 is 2.05 bits per heavy atom. The summed E-state index contributed by atoms with van der Waals surface area (Å²) in [7, 11) is 0. The van der Waals surface area contributed by atoms with Crippen LogP contribution in [0.5, 0.6) is 17.4 Å². The lowest BCUT2D eigenvalue weighted by atomic mass is 9.83. The quantitative estimate of drug-likeness (QED) is 0.371. The summed E-state index contributed by atoms with van der Waals surface area (Å²) in [6.45, 7) is 3.86. The first-order chi connectivity index (χ1) is 18.8. The topological polar surface area (TPSA) is 136 Å². The molecule has 202 valence electrons. The number of nitriles is 1. The molecule has 0 radical (unpaired) electrons. The van der Waals surface area contributed by atoms with Crippen molar-refractivity contribution in [1.29, 1.82) is 5.26 Å². The van der Waals surface area contributed by atoms with Crippen molar-refractivity contribution in [3.05, 3.63) is 67.4 Å². The molecular weight excluding hydrogens is 613 g/mol. The summed E-state index contributed by atoms with van der Waals surface area (Å²) in [4.78, 5) is 14.4. The van der Waals surface area contributed by atoms with Gasteiger partial charge in [0.05, 0.1) is 51.5 Å². The van der Waals surface area contributed by atoms with Gasteiger partial charge < -0.3 is 29.6 Å². The van der Waals surface area contributed by atoms with Gasteiger partial charge >= 0.3 is 6.09 Å². The number of nitrogens with two attached hydrogens (primary N) is 1. The first kappa shape index (κ1) is 27.1. The SMILES string of the molecule is CCOc1cc([C@@H]2C(C#N)=C(N)Oc3n[nH]c(-c4ccc(Cl)c(Cl)c4)c32)cc(Br)c1OC(=O)N1CCOCC1. The van der Waals surface area contributed by atoms with Gasteiger partial charge in [-0.2, -0.15) is 5.26 Å². The van der Waals surface area contributed by atoms with Gasteiger partial charge in [-0.15, -0.1) is 5.10 Å². The van der Waals surface area contributed by atoms with Crippen LogP contribution in [-0.4, -0.2) is 54.1 Å². The van der Waals surface area contributed by atoms with Crippen LogP contribution in [0.1, 0.15) is 24.0 Å². The van der Waals surface area contributed by atoms with Gasteiger partial charge in [0.2, 0.25) is 11.8 Å². The lowest BCUT2D eigenvalue weighted by Gasteiger charge is -2.27. The molecule has 1 saturated heterocycles. The Hall–Kier alpha value is -3.43. The van der Waals surface area contributed by atoms with Crippen molar-refractivity contribution in [2.45, 2.75) is 12.8 Å². The van der Waals surface area contributed by atoms with E-state index in [0.29, 0.717) is 75.6 Å². The highest BCUT2D eigenvalue weighted by molar-refractivity contribution is 9.10. The van der Waals surface area contributed by atoms with Crippen LogP contribution < -0.4 is 19.9 Å². The van der Waals surface area contributed by atoms with Gasteiger partial charge in [0.1, 0.15) is 11.6 Å². The molecule has 1 fully saturated rings. The molecule has 0 bridgehead atoms. The second kappa shape index (κ2) is 11.4. The second-order valence-electron chi connectivity index (χ2n) is 8.60. The van der Waals surface area contributed by atoms with E-state index in [0.717, 1.165) is 0 Å². The Balaban J connectivity index is 1.61. The van der Waals surface area contributed by atoms with Crippen LogP contribution in [0.4, 0.5) is 4.79 Å². The van der Waals surface area contributed by atoms with E-state index in [4.69, 9.17) is 47.9 Å². The zero-order valence-electron chi connectivity index (χ0n) is 20.6. The maximum atomic E-state index is 12.8. The summed E-state index contributed by atoms with van der Waals surface area (Å²) in [6, 6.07) is 10.8. The number of aromatic nitrogens is 2. The highest BCUT2D eigenvalue weighted by Gasteiger charge is 2.37. The first-order valence-corrected chi connectivity index (χ1v) is 13.5. The minimum atomic E-state index is -0.693. The zero-order chi connectivity index (χ0) is 27.7. The standard InChI is InChI=1S/C26H22BrCl2N5O5/c1-2-37-19-11-14(9-16(27)23(19)38-26(35)34-5-7-36-8-6-34)20-15(12-30)24(31)39-25-21(20)22(32-33-25)13-3-4-17(28)18(29)10-13/h3-4,9-11,20H,2,5-8,31H2,1H3,(H,32,33)/t20-/m1/s1. The number of amides is 1. The van der Waals surface area contributed by atoms with Crippen molar-refractivity contribution in [2.75, 3.05) is 32.9 Å². The monoisotopic (exact) mass is 633 g/mol. The highest BCUT2D eigenvalue weighted by Crippen LogP contribution is 2.49. The molecule has 0 saturated carbocycles. The third-order valence-electron chi connectivity index (χ3n) is 6.27. The largest absolute Gasteiger partial charge is 0.490 e. The van der Waals surface area contributed by atoms with E-state index in [1.807, 2.05) is 6.92 Å². The molecule has 2 aliphatic rings. The van der Waals surface area contributed by atoms with Crippen LogP contribution >= 0.6 is 39.1 Å². The Morgan fingerprint density at radius 1 is 1.28 bits per heavy atom. The maximum Gasteiger partial charge on any atom is 0.415 e. The Kier molecular flexibility index (Phi) is 7.91. The highest BCUT2D eigenvalue weighted by atomic mass is 79.9. The minimum absolute atomic E-state index is 0.0703. The molecule has 2 aromatic carbocycles. The van der Waals surface area contributed by atoms with Crippen molar-refractivity contribution < 1.29 is 23.7 Å². The molecule has 1 amide bonds. The van der Waals surface area contributed by atoms with Gasteiger partial charge in [-0.3, -0.25) is 5.10 Å². The van der Waals surface area contributed by atoms with E-state index in [2.05, 4.69) is 32.2 Å². The van der Waals surface area contributed by atoms with Crippen molar-refractivity contribution in [3.8, 4) is 34.7 Å². The number of halogens is 3. The van der Waals surface area contributed by atoms with Gasteiger partial charge in [-0.25, -0.2) is 4.79 Å². The molecule has 1 aromatic heterocycles. The summed E-state index contributed by atoms with van der Waals surface area (Å²) >= 11 is 15.9. The number of hydrogen-bond acceptors (Lipinski definition) is 8. The number of carbonyl (C=O) groups is 1. The summed E-state index contributed by atoms with van der Waals surface area (Å²) in [5, 5.41) is 18.1. The van der Waals surface area contributed by atoms with E-state index < -0.39 is 12.0 Å². The van der Waals surface area contributed by atoms with E-state index in [1.54, 1.807) is 35.2 Å². The summed E-state index contributed by atoms with van der Waals surface area (Å²) in [5.74, 6) is -0.0151. The molecule has 13 heteroatoms. The van der Waals surface area contributed by atoms with E-state index in [1.165, 1.54) is 0 Å². The number of H-pyrrole nitrogens is 1. The van der Waals surface area contributed by atoms with Crippen LogP contribution in [-0.2, 0) is 4.74 Å². The van der Waals surface area contributed by atoms with Gasteiger partial charge in [0.25, 0.3) is 0 Å². The predicted molar refractivity (Wildman–Crippen MR) is 147 cm³/mol. The molecule has 0 unspecified atom stereocenters. The fourth-order valence-corrected chi connectivity index (χ4v) is 5.30. The number of fused-ring (bicyclic) bond motifs is 1. The third kappa shape index (κ3) is 5.25. The van der Waals surface area contributed by atoms with Crippen molar-refractivity contribution in [2.24, 2.45) is 5.73 Å². The van der Waals surface area contributed by atoms with Crippen molar-refractivity contribution >= 4 is 45.2 Å². The van der Waals surface area contributed by atoms with Gasteiger partial charge in [0.15, 0.2) is 11.5 Å². The molecule has 3 heterocycles. The number of ether oxygens (including phenoxy) is 4. The molecule has 2 aliphatic heterocycles. The molecule has 39 heavy (non-hydrogen) atoms. The third-order valence-corrected chi connectivity index (χ3v) is 7.60. The number of benzene rings is 2. The maximum absolute atomic E-state index is 12.8. The number of carbonyl (C=O) groups excluding carboxylic acids is 1. The van der Waals surface area contributed by atoms with Crippen LogP contribution in [0, 0.1) is 11.3 Å². The predicted octanol–water partition coefficient (Wildman–Crippen LogP) is 5.59. The number of nitrogens with zero attached hydrogens (tertiary/aromatic N) is 3. The number of hydrogen-bond donors (Lipinski definition) is 2. The number of allylic oxidation sites excluding steroid dienone is 1. The fourth-order valence-electron chi connectivity index (χ4n) is 4.46. The molecule has 3 aromatic rings. The van der Waals surface area contributed by atoms with Gasteiger partial charge in [-0.1, -0.05) is 29.3 Å². The second-order valence-corrected chi connectivity index (χ2v) is 10.3. The number of aromatic amines is 1. The zero-order valence-corrected chi connectivity index (χ0v) is 23.7. The number of morpholine rings is 1. The van der Waals surface area contributed by atoms with Crippen molar-refractivity contribution in [1.82, 2.24) is 15.1 Å². The average Bonchev–Trinajstić information content (AvgIpc) is 3.35. The molecule has 0 aliphatic carbocycles. The van der Waals surface area contributed by atoms with Crippen LogP contribution in [0.15, 0.2) is 46.3 Å². The lowest BCUT2D eigenvalue weighted by Crippen LogP contribution is -2.42. The van der Waals surface area contributed by atoms with E-state index in [-0.39, 0.29) is 23.1 Å². The van der Waals surface area contributed by atoms with Crippen LogP contribution in [0.25, 0.3) is 11.3 Å². The summed E-state index contributed by atoms with van der Waals surface area (Å²) in [6.07, 6.45) is -0.514. The smallest absolute Gasteiger partial charge is 0.415 e. The van der Waals surface area contributed by atoms with E-state index in [9.17, 15) is 10.1 Å². The Morgan fingerprint density at radius 3 is 2.74 bits per heavy atom. The molecule has 1 atom stereocenters. The van der Waals surface area contributed by atoms with E-state index >= 15 is 0 Å². The van der Waals surface area contributed by atoms with Crippen LogP contribution in [0.2, 0.25) is 10.0 Å². The van der Waals surface area contributed by atoms with Crippen LogP contribution in [0.3, 0.4) is 0 Å². The number of rotatable bonds is 5. The normalized spacial score (nSPS) is 16.8. The molecular formula is C26H22BrCl2N5O5. The van der Waals surface area contributed by atoms with Gasteiger partial charge in [0, 0.05) is 18.7 Å². The minimum Gasteiger partial charge on any atom is -0.490 e. The molecule has 3 N–H and O–H groups in total. The van der Waals surface area contributed by atoms with Gasteiger partial charge in [-0.05, 0) is 52.7 Å². The van der Waals surface area contributed by atoms with Crippen molar-refractivity contribution in [3.63, 3.8) is 0 Å². The summed E-state index contributed by atoms with van der Waals surface area (Å²) < 4.78 is 23.1. The average molecular weight is 635 g/mol. The molecule has 0 spiro atoms. The fraction of sp³-hybridized carbons (Fsp3) is 0.269. The lowest BCUT2D eigenvalue weighted by molar-refractivity contribution is 0.0412. The first-order valence-electron chi connectivity index (χ1n) is 11.9. The molecule has 5 rings (SSSR count). The molecule has 10 nitrogen and oxygen atoms in total. The number of nitrogens with one attached hydrogen (secondary N) is 1. The Bertz CT molecular complexity index is 1510.